The lowest BCUT2D eigenvalue weighted by molar-refractivity contribution is 0.464. The molecule has 0 heterocycles. The minimum absolute atomic E-state index is 0.342. The fraction of sp³-hybridized carbons (Fsp3) is 0.500. The van der Waals surface area contributed by atoms with Crippen molar-refractivity contribution in [2.45, 2.75) is 40.7 Å². The number of aromatic hydroxyl groups is 1. The molecule has 14 heavy (non-hydrogen) atoms. The zero-order chi connectivity index (χ0) is 11.1. The van der Waals surface area contributed by atoms with Gasteiger partial charge in [-0.2, -0.15) is 0 Å². The van der Waals surface area contributed by atoms with Crippen LogP contribution >= 0.6 is 0 Å². The summed E-state index contributed by atoms with van der Waals surface area (Å²) in [5.74, 6) is 0.342. The summed E-state index contributed by atoms with van der Waals surface area (Å²) in [7, 11) is 0. The van der Waals surface area contributed by atoms with Gasteiger partial charge in [0, 0.05) is 12.1 Å². The van der Waals surface area contributed by atoms with E-state index in [1.54, 1.807) is 0 Å². The van der Waals surface area contributed by atoms with Gasteiger partial charge in [0.05, 0.1) is 0 Å². The highest BCUT2D eigenvalue weighted by atomic mass is 16.3. The number of hydrogen-bond acceptors (Lipinski definition) is 2. The molecule has 2 heteroatoms. The Hall–Kier alpha value is -1.02. The van der Waals surface area contributed by atoms with E-state index in [0.717, 1.165) is 17.5 Å². The Morgan fingerprint density at radius 2 is 1.86 bits per heavy atom. The molecule has 0 spiro atoms. The summed E-state index contributed by atoms with van der Waals surface area (Å²) >= 11 is 0. The number of rotatable bonds is 2. The Bertz CT molecular complexity index is 282. The van der Waals surface area contributed by atoms with Gasteiger partial charge in [-0.25, -0.2) is 0 Å². The minimum Gasteiger partial charge on any atom is -0.507 e. The number of benzene rings is 1. The minimum atomic E-state index is 0.342. The fourth-order valence-electron chi connectivity index (χ4n) is 1.29. The molecular weight excluding hydrogens is 174 g/mol. The van der Waals surface area contributed by atoms with Crippen LogP contribution in [-0.2, 0) is 13.0 Å². The Morgan fingerprint density at radius 3 is 2.29 bits per heavy atom. The molecule has 0 radical (unpaired) electrons. The van der Waals surface area contributed by atoms with Crippen molar-refractivity contribution in [3.05, 3.63) is 28.8 Å². The first-order chi connectivity index (χ1) is 6.69. The molecule has 0 atom stereocenters. The van der Waals surface area contributed by atoms with E-state index in [-0.39, 0.29) is 0 Å². The molecular formula is C12H21NO. The molecule has 0 amide bonds. The van der Waals surface area contributed by atoms with Crippen molar-refractivity contribution in [3.63, 3.8) is 0 Å². The van der Waals surface area contributed by atoms with E-state index >= 15 is 0 Å². The van der Waals surface area contributed by atoms with Crippen molar-refractivity contribution in [2.24, 2.45) is 5.73 Å². The lowest BCUT2D eigenvalue weighted by Crippen LogP contribution is -1.99. The van der Waals surface area contributed by atoms with Crippen LogP contribution in [0.5, 0.6) is 5.75 Å². The summed E-state index contributed by atoms with van der Waals surface area (Å²) in [6.07, 6.45) is 0.980. The molecule has 0 saturated carbocycles. The molecule has 0 fully saturated rings. The molecule has 1 rings (SSSR count). The Labute approximate surface area is 86.8 Å². The third kappa shape index (κ3) is 3.04. The zero-order valence-electron chi connectivity index (χ0n) is 9.59. The number of aryl methyl sites for hydroxylation is 2. The van der Waals surface area contributed by atoms with Gasteiger partial charge in [0.15, 0.2) is 0 Å². The van der Waals surface area contributed by atoms with Crippen molar-refractivity contribution in [2.75, 3.05) is 0 Å². The van der Waals surface area contributed by atoms with E-state index in [4.69, 9.17) is 5.73 Å². The molecule has 0 unspecified atom stereocenters. The van der Waals surface area contributed by atoms with Gasteiger partial charge < -0.3 is 10.8 Å². The average molecular weight is 195 g/mol. The van der Waals surface area contributed by atoms with E-state index in [9.17, 15) is 5.11 Å². The van der Waals surface area contributed by atoms with Crippen LogP contribution in [0.15, 0.2) is 12.1 Å². The molecule has 0 aliphatic rings. The van der Waals surface area contributed by atoms with Gasteiger partial charge in [-0.1, -0.05) is 32.9 Å². The Morgan fingerprint density at radius 1 is 1.29 bits per heavy atom. The normalized spacial score (nSPS) is 9.21. The third-order valence-corrected chi connectivity index (χ3v) is 2.07. The van der Waals surface area contributed by atoms with Gasteiger partial charge >= 0.3 is 0 Å². The van der Waals surface area contributed by atoms with Gasteiger partial charge in [0.25, 0.3) is 0 Å². The van der Waals surface area contributed by atoms with Crippen molar-refractivity contribution in [1.29, 1.82) is 0 Å². The topological polar surface area (TPSA) is 46.2 Å². The fourth-order valence-corrected chi connectivity index (χ4v) is 1.29. The van der Waals surface area contributed by atoms with Gasteiger partial charge in [-0.05, 0) is 24.5 Å². The van der Waals surface area contributed by atoms with Crippen molar-refractivity contribution >= 4 is 0 Å². The molecule has 0 saturated heterocycles. The number of phenolic OH excluding ortho intramolecular Hbond substituents is 1. The largest absolute Gasteiger partial charge is 0.507 e. The van der Waals surface area contributed by atoms with Crippen molar-refractivity contribution in [3.8, 4) is 5.75 Å². The molecule has 80 valence electrons. The number of nitrogens with two attached hydrogens (primary N) is 1. The predicted octanol–water partition coefficient (Wildman–Crippen LogP) is 2.75. The Balaban J connectivity index is 0.000000791. The summed E-state index contributed by atoms with van der Waals surface area (Å²) in [5.41, 5.74) is 8.46. The van der Waals surface area contributed by atoms with Gasteiger partial charge in [0.2, 0.25) is 0 Å². The average Bonchev–Trinajstić information content (AvgIpc) is 2.24. The monoisotopic (exact) mass is 195 g/mol. The predicted molar refractivity (Wildman–Crippen MR) is 61.5 cm³/mol. The van der Waals surface area contributed by atoms with E-state index in [1.807, 2.05) is 32.9 Å². The molecule has 1 aromatic carbocycles. The maximum Gasteiger partial charge on any atom is 0.122 e. The van der Waals surface area contributed by atoms with E-state index in [2.05, 4.69) is 6.92 Å². The molecule has 1 aromatic rings. The van der Waals surface area contributed by atoms with Crippen LogP contribution in [0.25, 0.3) is 0 Å². The number of phenols is 1. The van der Waals surface area contributed by atoms with Crippen LogP contribution in [0.3, 0.4) is 0 Å². The highest BCUT2D eigenvalue weighted by Gasteiger charge is 2.03. The first-order valence-electron chi connectivity index (χ1n) is 5.20. The summed E-state index contributed by atoms with van der Waals surface area (Å²) < 4.78 is 0. The molecule has 3 N–H and O–H groups in total. The summed E-state index contributed by atoms with van der Waals surface area (Å²) in [5, 5.41) is 9.54. The van der Waals surface area contributed by atoms with Crippen LogP contribution in [0.4, 0.5) is 0 Å². The van der Waals surface area contributed by atoms with Crippen LogP contribution in [-0.4, -0.2) is 5.11 Å². The Kier molecular flexibility index (Phi) is 5.97. The first-order valence-corrected chi connectivity index (χ1v) is 5.20. The standard InChI is InChI=1S/C10H15NO.C2H6/c1-3-8-4-7(2)10(12)9(5-8)6-11;1-2/h4-5,12H,3,6,11H2,1-2H3;1-2H3. The maximum absolute atomic E-state index is 9.54. The van der Waals surface area contributed by atoms with Crippen molar-refractivity contribution < 1.29 is 5.11 Å². The van der Waals surface area contributed by atoms with Gasteiger partial charge in [-0.15, -0.1) is 0 Å². The van der Waals surface area contributed by atoms with E-state index in [1.165, 1.54) is 5.56 Å². The number of hydrogen-bond donors (Lipinski definition) is 2. The van der Waals surface area contributed by atoms with Crippen LogP contribution < -0.4 is 5.73 Å². The van der Waals surface area contributed by atoms with Crippen LogP contribution in [0.1, 0.15) is 37.5 Å². The second-order valence-electron chi connectivity index (χ2n) is 2.98. The third-order valence-electron chi connectivity index (χ3n) is 2.07. The summed E-state index contributed by atoms with van der Waals surface area (Å²) in [6, 6.07) is 3.96. The molecule has 0 aliphatic heterocycles. The molecule has 0 aromatic heterocycles. The quantitative estimate of drug-likeness (QED) is 0.762. The lowest BCUT2D eigenvalue weighted by atomic mass is 10.0. The SMILES string of the molecule is CC.CCc1cc(C)c(O)c(CN)c1. The molecule has 0 bridgehead atoms. The second kappa shape index (κ2) is 6.44. The van der Waals surface area contributed by atoms with E-state index < -0.39 is 0 Å². The summed E-state index contributed by atoms with van der Waals surface area (Å²) in [6.45, 7) is 8.39. The maximum atomic E-state index is 9.54. The highest BCUT2D eigenvalue weighted by molar-refractivity contribution is 5.42. The molecule has 2 nitrogen and oxygen atoms in total. The first kappa shape index (κ1) is 13.0. The van der Waals surface area contributed by atoms with E-state index in [0.29, 0.717) is 12.3 Å². The smallest absolute Gasteiger partial charge is 0.122 e. The highest BCUT2D eigenvalue weighted by Crippen LogP contribution is 2.23. The van der Waals surface area contributed by atoms with Gasteiger partial charge in [-0.3, -0.25) is 0 Å². The van der Waals surface area contributed by atoms with Gasteiger partial charge in [0.1, 0.15) is 5.75 Å². The van der Waals surface area contributed by atoms with Crippen LogP contribution in [0.2, 0.25) is 0 Å². The lowest BCUT2D eigenvalue weighted by Gasteiger charge is -2.07. The zero-order valence-corrected chi connectivity index (χ0v) is 9.59. The summed E-state index contributed by atoms with van der Waals surface area (Å²) in [4.78, 5) is 0. The van der Waals surface area contributed by atoms with Crippen LogP contribution in [0, 0.1) is 6.92 Å². The second-order valence-corrected chi connectivity index (χ2v) is 2.98. The van der Waals surface area contributed by atoms with Crippen molar-refractivity contribution in [1.82, 2.24) is 0 Å². The molecule has 0 aliphatic carbocycles.